The van der Waals surface area contributed by atoms with Crippen molar-refractivity contribution in [2.24, 2.45) is 0 Å². The van der Waals surface area contributed by atoms with Crippen LogP contribution in [-0.2, 0) is 4.79 Å². The van der Waals surface area contributed by atoms with Gasteiger partial charge in [-0.1, -0.05) is 49.2 Å². The van der Waals surface area contributed by atoms with Crippen molar-refractivity contribution >= 4 is 23.4 Å². The molecule has 1 heterocycles. The first-order chi connectivity index (χ1) is 12.7. The van der Waals surface area contributed by atoms with E-state index >= 15 is 0 Å². The van der Waals surface area contributed by atoms with Crippen LogP contribution in [0.25, 0.3) is 0 Å². The summed E-state index contributed by atoms with van der Waals surface area (Å²) in [7, 11) is 0. The monoisotopic (exact) mass is 370 g/mol. The van der Waals surface area contributed by atoms with Crippen molar-refractivity contribution < 1.29 is 4.79 Å². The Kier molecular flexibility index (Phi) is 5.29. The molecule has 2 aliphatic rings. The fourth-order valence-corrected chi connectivity index (χ4v) is 4.79. The minimum absolute atomic E-state index is 0.177. The number of aryl methyl sites for hydroxylation is 1. The Morgan fingerprint density at radius 2 is 1.85 bits per heavy atom. The second-order valence-electron chi connectivity index (χ2n) is 7.31. The van der Waals surface area contributed by atoms with Crippen LogP contribution in [0.4, 0.5) is 5.69 Å². The van der Waals surface area contributed by atoms with Gasteiger partial charge in [-0.25, -0.2) is 0 Å². The highest BCUT2D eigenvalue weighted by Crippen LogP contribution is 2.38. The largest absolute Gasteiger partial charge is 0.309 e. The second kappa shape index (κ2) is 7.82. The van der Waals surface area contributed by atoms with Crippen molar-refractivity contribution in [3.05, 3.63) is 36.2 Å². The predicted molar refractivity (Wildman–Crippen MR) is 105 cm³/mol. The van der Waals surface area contributed by atoms with Crippen LogP contribution in [0.2, 0.25) is 0 Å². The van der Waals surface area contributed by atoms with Gasteiger partial charge in [0.2, 0.25) is 5.91 Å². The number of carbonyl (C=O) groups excluding carboxylic acids is 1. The number of benzene rings is 1. The molecule has 1 amide bonds. The summed E-state index contributed by atoms with van der Waals surface area (Å²) in [4.78, 5) is 15.2. The van der Waals surface area contributed by atoms with Gasteiger partial charge in [-0.05, 0) is 44.7 Å². The number of anilines is 1. The molecule has 0 aliphatic heterocycles. The van der Waals surface area contributed by atoms with Crippen LogP contribution in [0.3, 0.4) is 0 Å². The average molecular weight is 371 g/mol. The van der Waals surface area contributed by atoms with E-state index in [1.54, 1.807) is 0 Å². The van der Waals surface area contributed by atoms with Crippen molar-refractivity contribution in [1.82, 2.24) is 14.8 Å². The van der Waals surface area contributed by atoms with Crippen LogP contribution in [0.5, 0.6) is 0 Å². The van der Waals surface area contributed by atoms with Crippen LogP contribution in [0.15, 0.2) is 35.5 Å². The number of carbonyl (C=O) groups is 1. The zero-order valence-corrected chi connectivity index (χ0v) is 16.1. The van der Waals surface area contributed by atoms with Crippen molar-refractivity contribution in [2.75, 3.05) is 10.7 Å². The zero-order chi connectivity index (χ0) is 17.9. The zero-order valence-electron chi connectivity index (χ0n) is 15.3. The maximum atomic E-state index is 13.2. The Hall–Kier alpha value is -1.82. The fraction of sp³-hybridized carbons (Fsp3) is 0.550. The van der Waals surface area contributed by atoms with E-state index in [9.17, 15) is 4.79 Å². The lowest BCUT2D eigenvalue weighted by Crippen LogP contribution is -2.42. The highest BCUT2D eigenvalue weighted by molar-refractivity contribution is 7.99. The van der Waals surface area contributed by atoms with Gasteiger partial charge in [-0.2, -0.15) is 0 Å². The minimum Gasteiger partial charge on any atom is -0.309 e. The molecule has 5 nitrogen and oxygen atoms in total. The number of amides is 1. The minimum atomic E-state index is 0.177. The summed E-state index contributed by atoms with van der Waals surface area (Å²) in [5.41, 5.74) is 1.02. The van der Waals surface area contributed by atoms with Gasteiger partial charge in [0.25, 0.3) is 0 Å². The van der Waals surface area contributed by atoms with Crippen molar-refractivity contribution in [2.45, 2.75) is 69.1 Å². The molecule has 1 aromatic heterocycles. The molecular formula is C20H26N4OS. The summed E-state index contributed by atoms with van der Waals surface area (Å²) in [5.74, 6) is 1.54. The number of rotatable bonds is 6. The molecule has 0 N–H and O–H groups in total. The molecule has 1 aromatic carbocycles. The molecule has 4 rings (SSSR count). The molecule has 6 heteroatoms. The topological polar surface area (TPSA) is 51.0 Å². The van der Waals surface area contributed by atoms with Crippen molar-refractivity contribution in [3.8, 4) is 0 Å². The SMILES string of the molecule is Cc1nnc(SCC(=O)N(c2ccccc2)C2CCCCC2)n1C1CC1. The second-order valence-corrected chi connectivity index (χ2v) is 8.25. The van der Waals surface area contributed by atoms with Gasteiger partial charge in [0, 0.05) is 17.8 Å². The van der Waals surface area contributed by atoms with Gasteiger partial charge < -0.3 is 9.47 Å². The van der Waals surface area contributed by atoms with Crippen LogP contribution in [0.1, 0.15) is 56.8 Å². The molecule has 2 saturated carbocycles. The third kappa shape index (κ3) is 3.80. The molecule has 2 aliphatic carbocycles. The number of nitrogens with zero attached hydrogens (tertiary/aromatic N) is 4. The van der Waals surface area contributed by atoms with Crippen molar-refractivity contribution in [1.29, 1.82) is 0 Å². The molecule has 0 atom stereocenters. The lowest BCUT2D eigenvalue weighted by Gasteiger charge is -2.34. The third-order valence-corrected chi connectivity index (χ3v) is 6.24. The molecule has 0 bridgehead atoms. The number of para-hydroxylation sites is 1. The standard InChI is InChI=1S/C20H26N4OS/c1-15-21-22-20(23(15)18-12-13-18)26-14-19(25)24(16-8-4-2-5-9-16)17-10-6-3-7-11-17/h2,4-5,8-9,17-18H,3,6-7,10-14H2,1H3. The molecule has 0 saturated heterocycles. The van der Waals surface area contributed by atoms with E-state index in [0.29, 0.717) is 17.8 Å². The van der Waals surface area contributed by atoms with Gasteiger partial charge in [0.05, 0.1) is 5.75 Å². The average Bonchev–Trinajstić information content (AvgIpc) is 3.44. The fourth-order valence-electron chi connectivity index (χ4n) is 3.88. The summed E-state index contributed by atoms with van der Waals surface area (Å²) in [5, 5.41) is 9.40. The van der Waals surface area contributed by atoms with Crippen LogP contribution in [0, 0.1) is 6.92 Å². The number of hydrogen-bond donors (Lipinski definition) is 0. The van der Waals surface area contributed by atoms with Crippen molar-refractivity contribution in [3.63, 3.8) is 0 Å². The van der Waals surface area contributed by atoms with E-state index in [-0.39, 0.29) is 5.91 Å². The smallest absolute Gasteiger partial charge is 0.237 e. The first kappa shape index (κ1) is 17.6. The Bertz CT molecular complexity index is 750. The highest BCUT2D eigenvalue weighted by atomic mass is 32.2. The molecule has 2 aromatic rings. The number of hydrogen-bond acceptors (Lipinski definition) is 4. The van der Waals surface area contributed by atoms with E-state index in [4.69, 9.17) is 0 Å². The molecule has 2 fully saturated rings. The van der Waals surface area contributed by atoms with Gasteiger partial charge >= 0.3 is 0 Å². The quantitative estimate of drug-likeness (QED) is 0.708. The lowest BCUT2D eigenvalue weighted by atomic mass is 9.93. The number of thioether (sulfide) groups is 1. The highest BCUT2D eigenvalue weighted by Gasteiger charge is 2.30. The summed E-state index contributed by atoms with van der Waals surface area (Å²) < 4.78 is 2.20. The van der Waals surface area contributed by atoms with E-state index in [2.05, 4.69) is 14.8 Å². The Balaban J connectivity index is 1.49. The Morgan fingerprint density at radius 3 is 2.54 bits per heavy atom. The third-order valence-electron chi connectivity index (χ3n) is 5.31. The Morgan fingerprint density at radius 1 is 1.12 bits per heavy atom. The first-order valence-corrected chi connectivity index (χ1v) is 10.6. The van der Waals surface area contributed by atoms with E-state index in [1.165, 1.54) is 43.9 Å². The molecule has 0 unspecified atom stereocenters. The van der Waals surface area contributed by atoms with Crippen LogP contribution in [-0.4, -0.2) is 32.5 Å². The maximum absolute atomic E-state index is 13.2. The van der Waals surface area contributed by atoms with Gasteiger partial charge in [0.15, 0.2) is 5.16 Å². The molecular weight excluding hydrogens is 344 g/mol. The summed E-state index contributed by atoms with van der Waals surface area (Å²) >= 11 is 1.53. The molecule has 138 valence electrons. The summed E-state index contributed by atoms with van der Waals surface area (Å²) in [6.07, 6.45) is 8.29. The van der Waals surface area contributed by atoms with E-state index in [0.717, 1.165) is 29.5 Å². The van der Waals surface area contributed by atoms with Gasteiger partial charge in [-0.15, -0.1) is 10.2 Å². The van der Waals surface area contributed by atoms with E-state index < -0.39 is 0 Å². The van der Waals surface area contributed by atoms with Gasteiger partial charge in [-0.3, -0.25) is 4.79 Å². The first-order valence-electron chi connectivity index (χ1n) is 9.65. The van der Waals surface area contributed by atoms with Crippen LogP contribution < -0.4 is 4.90 Å². The Labute approximate surface area is 159 Å². The predicted octanol–water partition coefficient (Wildman–Crippen LogP) is 4.38. The molecule has 0 radical (unpaired) electrons. The summed E-state index contributed by atoms with van der Waals surface area (Å²) in [6, 6.07) is 11.0. The normalized spacial score (nSPS) is 18.0. The van der Waals surface area contributed by atoms with Gasteiger partial charge in [0.1, 0.15) is 5.82 Å². The lowest BCUT2D eigenvalue weighted by molar-refractivity contribution is -0.116. The van der Waals surface area contributed by atoms with E-state index in [1.807, 2.05) is 42.2 Å². The van der Waals surface area contributed by atoms with Crippen LogP contribution >= 0.6 is 11.8 Å². The summed E-state index contributed by atoms with van der Waals surface area (Å²) in [6.45, 7) is 2.00. The molecule has 26 heavy (non-hydrogen) atoms. The maximum Gasteiger partial charge on any atom is 0.237 e. The number of aromatic nitrogens is 3. The molecule has 0 spiro atoms.